The van der Waals surface area contributed by atoms with Crippen molar-refractivity contribution in [2.45, 2.75) is 33.6 Å². The number of nitrogens with one attached hydrogen (secondary N) is 1. The predicted molar refractivity (Wildman–Crippen MR) is 103 cm³/mol. The minimum Gasteiger partial charge on any atom is -0.490 e. The Hall–Kier alpha value is -1.95. The van der Waals surface area contributed by atoms with Gasteiger partial charge in [0.25, 0.3) is 5.91 Å². The largest absolute Gasteiger partial charge is 0.490 e. The fourth-order valence-electron chi connectivity index (χ4n) is 3.32. The second-order valence-electron chi connectivity index (χ2n) is 6.39. The lowest BCUT2D eigenvalue weighted by atomic mass is 9.96. The number of hydrogen-bond donors (Lipinski definition) is 1. The number of piperidine rings is 1. The summed E-state index contributed by atoms with van der Waals surface area (Å²) in [5.74, 6) is 2.36. The third-order valence-electron chi connectivity index (χ3n) is 4.55. The van der Waals surface area contributed by atoms with Crippen molar-refractivity contribution in [1.29, 1.82) is 0 Å². The highest BCUT2D eigenvalue weighted by Gasteiger charge is 2.25. The van der Waals surface area contributed by atoms with Crippen LogP contribution >= 0.6 is 0 Å². The zero-order chi connectivity index (χ0) is 18.9. The Bertz CT molecular complexity index is 556. The summed E-state index contributed by atoms with van der Waals surface area (Å²) < 4.78 is 17.2. The van der Waals surface area contributed by atoms with Crippen LogP contribution in [0.3, 0.4) is 0 Å². The first-order chi connectivity index (χ1) is 12.6. The first kappa shape index (κ1) is 20.4. The van der Waals surface area contributed by atoms with Crippen molar-refractivity contribution < 1.29 is 19.0 Å². The Morgan fingerprint density at radius 1 is 1.04 bits per heavy atom. The molecule has 0 radical (unpaired) electrons. The Morgan fingerprint density at radius 2 is 1.58 bits per heavy atom. The van der Waals surface area contributed by atoms with Crippen LogP contribution in [0.4, 0.5) is 0 Å². The Morgan fingerprint density at radius 3 is 2.04 bits per heavy atom. The molecule has 0 aliphatic carbocycles. The van der Waals surface area contributed by atoms with Gasteiger partial charge in [-0.3, -0.25) is 4.79 Å². The highest BCUT2D eigenvalue weighted by Crippen LogP contribution is 2.39. The van der Waals surface area contributed by atoms with Gasteiger partial charge in [-0.2, -0.15) is 0 Å². The standard InChI is InChI=1S/C20H32N2O4/c1-5-24-17-12-16(13-18(25-6-2)19(17)26-7-3)20(23)22-10-8-15(9-11-22)14-21-4/h12-13,15,21H,5-11,14H2,1-4H3. The van der Waals surface area contributed by atoms with Crippen LogP contribution in [0.15, 0.2) is 12.1 Å². The molecule has 2 rings (SSSR count). The molecule has 1 saturated heterocycles. The van der Waals surface area contributed by atoms with E-state index in [0.29, 0.717) is 48.6 Å². The van der Waals surface area contributed by atoms with Crippen molar-refractivity contribution in [3.05, 3.63) is 17.7 Å². The van der Waals surface area contributed by atoms with E-state index in [9.17, 15) is 4.79 Å². The normalized spacial score (nSPS) is 15.0. The first-order valence-corrected chi connectivity index (χ1v) is 9.64. The van der Waals surface area contributed by atoms with E-state index in [2.05, 4.69) is 5.32 Å². The molecule has 0 spiro atoms. The number of nitrogens with zero attached hydrogens (tertiary/aromatic N) is 1. The van der Waals surface area contributed by atoms with E-state index in [4.69, 9.17) is 14.2 Å². The van der Waals surface area contributed by atoms with E-state index < -0.39 is 0 Å². The molecule has 1 aliphatic heterocycles. The lowest BCUT2D eigenvalue weighted by molar-refractivity contribution is 0.0689. The van der Waals surface area contributed by atoms with Gasteiger partial charge in [-0.1, -0.05) is 0 Å². The number of carbonyl (C=O) groups excluding carboxylic acids is 1. The third-order valence-corrected chi connectivity index (χ3v) is 4.55. The van der Waals surface area contributed by atoms with Gasteiger partial charge in [-0.15, -0.1) is 0 Å². The van der Waals surface area contributed by atoms with Crippen molar-refractivity contribution >= 4 is 5.91 Å². The number of rotatable bonds is 9. The van der Waals surface area contributed by atoms with Crippen LogP contribution in [-0.4, -0.2) is 57.3 Å². The second-order valence-corrected chi connectivity index (χ2v) is 6.39. The molecule has 1 aliphatic rings. The third kappa shape index (κ3) is 5.04. The number of carbonyl (C=O) groups is 1. The van der Waals surface area contributed by atoms with Gasteiger partial charge in [0, 0.05) is 18.7 Å². The maximum atomic E-state index is 13.0. The molecule has 0 atom stereocenters. The van der Waals surface area contributed by atoms with Gasteiger partial charge in [-0.05, 0) is 65.3 Å². The smallest absolute Gasteiger partial charge is 0.254 e. The summed E-state index contributed by atoms with van der Waals surface area (Å²) in [6, 6.07) is 3.55. The fraction of sp³-hybridized carbons (Fsp3) is 0.650. The van der Waals surface area contributed by atoms with Gasteiger partial charge in [0.1, 0.15) is 0 Å². The van der Waals surface area contributed by atoms with E-state index in [1.54, 1.807) is 12.1 Å². The van der Waals surface area contributed by atoms with Gasteiger partial charge < -0.3 is 24.4 Å². The lowest BCUT2D eigenvalue weighted by Gasteiger charge is -2.32. The maximum absolute atomic E-state index is 13.0. The molecule has 26 heavy (non-hydrogen) atoms. The summed E-state index contributed by atoms with van der Waals surface area (Å²) in [5.41, 5.74) is 0.590. The van der Waals surface area contributed by atoms with E-state index in [-0.39, 0.29) is 5.91 Å². The minimum atomic E-state index is 0.0258. The average molecular weight is 364 g/mol. The van der Waals surface area contributed by atoms with Crippen LogP contribution in [-0.2, 0) is 0 Å². The molecular weight excluding hydrogens is 332 g/mol. The van der Waals surface area contributed by atoms with E-state index in [1.807, 2.05) is 32.7 Å². The van der Waals surface area contributed by atoms with Crippen molar-refractivity contribution in [1.82, 2.24) is 10.2 Å². The zero-order valence-corrected chi connectivity index (χ0v) is 16.5. The minimum absolute atomic E-state index is 0.0258. The van der Waals surface area contributed by atoms with Crippen LogP contribution < -0.4 is 19.5 Å². The molecule has 1 fully saturated rings. The lowest BCUT2D eigenvalue weighted by Crippen LogP contribution is -2.40. The number of amides is 1. The molecule has 1 aromatic rings. The quantitative estimate of drug-likeness (QED) is 0.730. The van der Waals surface area contributed by atoms with Crippen LogP contribution in [0, 0.1) is 5.92 Å². The second kappa shape index (κ2) is 10.3. The summed E-state index contributed by atoms with van der Waals surface area (Å²) in [5, 5.41) is 3.22. The Kier molecular flexibility index (Phi) is 8.04. The molecule has 0 aromatic heterocycles. The number of hydrogen-bond acceptors (Lipinski definition) is 5. The molecule has 6 heteroatoms. The van der Waals surface area contributed by atoms with E-state index >= 15 is 0 Å². The summed E-state index contributed by atoms with van der Waals surface area (Å²) in [6.45, 7) is 9.82. The van der Waals surface area contributed by atoms with Crippen molar-refractivity contribution in [2.75, 3.05) is 46.5 Å². The molecule has 1 amide bonds. The van der Waals surface area contributed by atoms with Gasteiger partial charge in [-0.25, -0.2) is 0 Å². The van der Waals surface area contributed by atoms with Crippen LogP contribution in [0.5, 0.6) is 17.2 Å². The fourth-order valence-corrected chi connectivity index (χ4v) is 3.32. The van der Waals surface area contributed by atoms with E-state index in [1.165, 1.54) is 0 Å². The van der Waals surface area contributed by atoms with Gasteiger partial charge in [0.05, 0.1) is 19.8 Å². The molecule has 0 bridgehead atoms. The van der Waals surface area contributed by atoms with Crippen LogP contribution in [0.25, 0.3) is 0 Å². The van der Waals surface area contributed by atoms with Gasteiger partial charge in [0.2, 0.25) is 5.75 Å². The molecule has 0 saturated carbocycles. The Labute approximate surface area is 156 Å². The molecule has 0 unspecified atom stereocenters. The summed E-state index contributed by atoms with van der Waals surface area (Å²) in [6.07, 6.45) is 2.06. The molecule has 1 aromatic carbocycles. The number of likely N-dealkylation sites (tertiary alicyclic amines) is 1. The topological polar surface area (TPSA) is 60.0 Å². The highest BCUT2D eigenvalue weighted by atomic mass is 16.5. The summed E-state index contributed by atoms with van der Waals surface area (Å²) >= 11 is 0. The van der Waals surface area contributed by atoms with Gasteiger partial charge in [0.15, 0.2) is 11.5 Å². The SMILES string of the molecule is CCOc1cc(C(=O)N2CCC(CNC)CC2)cc(OCC)c1OCC. The summed E-state index contributed by atoms with van der Waals surface area (Å²) in [4.78, 5) is 14.9. The molecule has 1 heterocycles. The van der Waals surface area contributed by atoms with Crippen LogP contribution in [0.1, 0.15) is 44.0 Å². The molecule has 1 N–H and O–H groups in total. The molecular formula is C20H32N2O4. The van der Waals surface area contributed by atoms with Crippen molar-refractivity contribution in [3.63, 3.8) is 0 Å². The monoisotopic (exact) mass is 364 g/mol. The predicted octanol–water partition coefficient (Wildman–Crippen LogP) is 2.95. The van der Waals surface area contributed by atoms with Crippen LogP contribution in [0.2, 0.25) is 0 Å². The number of ether oxygens (including phenoxy) is 3. The summed E-state index contributed by atoms with van der Waals surface area (Å²) in [7, 11) is 1.97. The van der Waals surface area contributed by atoms with Crippen molar-refractivity contribution in [2.24, 2.45) is 5.92 Å². The maximum Gasteiger partial charge on any atom is 0.254 e. The Balaban J connectivity index is 2.23. The molecule has 6 nitrogen and oxygen atoms in total. The van der Waals surface area contributed by atoms with Crippen molar-refractivity contribution in [3.8, 4) is 17.2 Å². The first-order valence-electron chi connectivity index (χ1n) is 9.64. The number of benzene rings is 1. The average Bonchev–Trinajstić information content (AvgIpc) is 2.65. The zero-order valence-electron chi connectivity index (χ0n) is 16.5. The van der Waals surface area contributed by atoms with E-state index in [0.717, 1.165) is 32.5 Å². The molecule has 146 valence electrons. The highest BCUT2D eigenvalue weighted by molar-refractivity contribution is 5.95. The van der Waals surface area contributed by atoms with Gasteiger partial charge >= 0.3 is 0 Å².